The van der Waals surface area contributed by atoms with Crippen molar-refractivity contribution in [1.82, 2.24) is 14.7 Å². The van der Waals surface area contributed by atoms with Crippen molar-refractivity contribution < 1.29 is 9.59 Å². The minimum absolute atomic E-state index is 0.132. The van der Waals surface area contributed by atoms with Crippen molar-refractivity contribution >= 4 is 40.7 Å². The molecule has 1 heterocycles. The average molecular weight is 431 g/mol. The number of hydrogen-bond acceptors (Lipinski definition) is 3. The lowest BCUT2D eigenvalue weighted by atomic mass is 10.2. The Kier molecular flexibility index (Phi) is 6.56. The van der Waals surface area contributed by atoms with E-state index >= 15 is 0 Å². The maximum Gasteiger partial charge on any atom is 0.257 e. The van der Waals surface area contributed by atoms with Crippen LogP contribution in [0.3, 0.4) is 0 Å². The number of aromatic nitrogens is 2. The summed E-state index contributed by atoms with van der Waals surface area (Å²) in [5, 5.41) is 7.67. The summed E-state index contributed by atoms with van der Waals surface area (Å²) in [5.41, 5.74) is 2.34. The Morgan fingerprint density at radius 2 is 1.72 bits per heavy atom. The van der Waals surface area contributed by atoms with E-state index in [1.807, 2.05) is 44.2 Å². The summed E-state index contributed by atoms with van der Waals surface area (Å²) in [6.45, 7) is 3.86. The zero-order chi connectivity index (χ0) is 21.0. The number of nitrogens with zero attached hydrogens (tertiary/aromatic N) is 3. The zero-order valence-corrected chi connectivity index (χ0v) is 17.5. The number of para-hydroxylation sites is 2. The van der Waals surface area contributed by atoms with Crippen LogP contribution in [-0.4, -0.2) is 39.6 Å². The number of nitrogens with one attached hydrogen (secondary N) is 1. The molecule has 0 radical (unpaired) electrons. The highest BCUT2D eigenvalue weighted by Gasteiger charge is 2.22. The van der Waals surface area contributed by atoms with Crippen LogP contribution in [0.4, 0.5) is 5.69 Å². The predicted octanol–water partition coefficient (Wildman–Crippen LogP) is 4.59. The molecule has 3 rings (SSSR count). The van der Waals surface area contributed by atoms with Gasteiger partial charge in [-0.1, -0.05) is 47.5 Å². The van der Waals surface area contributed by atoms with Gasteiger partial charge in [0.15, 0.2) is 0 Å². The molecule has 0 aliphatic carbocycles. The van der Waals surface area contributed by atoms with Gasteiger partial charge in [-0.15, -0.1) is 0 Å². The molecular weight excluding hydrogens is 411 g/mol. The van der Waals surface area contributed by atoms with E-state index in [0.29, 0.717) is 33.5 Å². The molecule has 1 N–H and O–H groups in total. The van der Waals surface area contributed by atoms with E-state index in [9.17, 15) is 9.59 Å². The maximum absolute atomic E-state index is 13.0. The van der Waals surface area contributed by atoms with Crippen molar-refractivity contribution in [3.63, 3.8) is 0 Å². The summed E-state index contributed by atoms with van der Waals surface area (Å²) in [7, 11) is 0. The lowest BCUT2D eigenvalue weighted by Gasteiger charge is -2.20. The van der Waals surface area contributed by atoms with Crippen LogP contribution in [0.5, 0.6) is 0 Å². The van der Waals surface area contributed by atoms with E-state index < -0.39 is 0 Å². The number of rotatable bonds is 6. The van der Waals surface area contributed by atoms with Gasteiger partial charge in [0.05, 0.1) is 38.9 Å². The first kappa shape index (κ1) is 20.9. The van der Waals surface area contributed by atoms with Crippen LogP contribution >= 0.6 is 23.2 Å². The fourth-order valence-corrected chi connectivity index (χ4v) is 3.41. The van der Waals surface area contributed by atoms with Gasteiger partial charge in [-0.3, -0.25) is 9.59 Å². The minimum atomic E-state index is -0.386. The van der Waals surface area contributed by atoms with Crippen molar-refractivity contribution in [2.24, 2.45) is 0 Å². The quantitative estimate of drug-likeness (QED) is 0.621. The van der Waals surface area contributed by atoms with E-state index in [-0.39, 0.29) is 18.4 Å². The molecule has 2 amide bonds. The molecule has 0 aliphatic heterocycles. The Hall–Kier alpha value is -2.83. The van der Waals surface area contributed by atoms with Crippen molar-refractivity contribution in [3.05, 3.63) is 76.0 Å². The van der Waals surface area contributed by atoms with Crippen molar-refractivity contribution in [2.75, 3.05) is 18.4 Å². The standard InChI is InChI=1S/C21H20Cl2N4O2/c1-3-26(13-19(28)25-20-17(22)10-7-11-18(20)23)21(29)16-12-24-27(14(16)2)15-8-5-4-6-9-15/h4-12H,3,13H2,1-2H3,(H,25,28). The fraction of sp³-hybridized carbons (Fsp3) is 0.190. The lowest BCUT2D eigenvalue weighted by molar-refractivity contribution is -0.116. The highest BCUT2D eigenvalue weighted by molar-refractivity contribution is 6.39. The smallest absolute Gasteiger partial charge is 0.257 e. The van der Waals surface area contributed by atoms with E-state index in [1.165, 1.54) is 11.1 Å². The Labute approximate surface area is 179 Å². The molecule has 0 saturated carbocycles. The van der Waals surface area contributed by atoms with Crippen LogP contribution in [0.1, 0.15) is 23.0 Å². The van der Waals surface area contributed by atoms with Crippen molar-refractivity contribution in [1.29, 1.82) is 0 Å². The Balaban J connectivity index is 1.76. The highest BCUT2D eigenvalue weighted by Crippen LogP contribution is 2.29. The van der Waals surface area contributed by atoms with E-state index in [0.717, 1.165) is 5.69 Å². The van der Waals surface area contributed by atoms with Gasteiger partial charge in [0.1, 0.15) is 6.54 Å². The van der Waals surface area contributed by atoms with E-state index in [2.05, 4.69) is 10.4 Å². The van der Waals surface area contributed by atoms with Gasteiger partial charge in [-0.05, 0) is 38.1 Å². The monoisotopic (exact) mass is 430 g/mol. The number of halogens is 2. The molecule has 0 aliphatic rings. The molecule has 0 spiro atoms. The second kappa shape index (κ2) is 9.11. The topological polar surface area (TPSA) is 67.2 Å². The molecule has 6 nitrogen and oxygen atoms in total. The zero-order valence-electron chi connectivity index (χ0n) is 16.0. The van der Waals surface area contributed by atoms with Gasteiger partial charge in [0, 0.05) is 6.54 Å². The van der Waals surface area contributed by atoms with E-state index in [1.54, 1.807) is 22.9 Å². The third-order valence-corrected chi connectivity index (χ3v) is 5.10. The Morgan fingerprint density at radius 3 is 2.34 bits per heavy atom. The third-order valence-electron chi connectivity index (χ3n) is 4.47. The first-order valence-corrected chi connectivity index (χ1v) is 9.81. The first-order chi connectivity index (χ1) is 13.9. The second-order valence-corrected chi connectivity index (χ2v) is 7.17. The molecule has 150 valence electrons. The fourth-order valence-electron chi connectivity index (χ4n) is 2.92. The molecule has 0 fully saturated rings. The predicted molar refractivity (Wildman–Crippen MR) is 115 cm³/mol. The summed E-state index contributed by atoms with van der Waals surface area (Å²) < 4.78 is 1.70. The molecule has 0 saturated heterocycles. The number of hydrogen-bond donors (Lipinski definition) is 1. The Morgan fingerprint density at radius 1 is 1.07 bits per heavy atom. The molecule has 0 atom stereocenters. The van der Waals surface area contributed by atoms with E-state index in [4.69, 9.17) is 23.2 Å². The number of carbonyl (C=O) groups is 2. The van der Waals surface area contributed by atoms with Gasteiger partial charge in [-0.25, -0.2) is 4.68 Å². The van der Waals surface area contributed by atoms with Crippen LogP contribution in [0, 0.1) is 6.92 Å². The number of anilines is 1. The summed E-state index contributed by atoms with van der Waals surface area (Å²) in [6.07, 6.45) is 1.52. The van der Waals surface area contributed by atoms with Gasteiger partial charge in [0.2, 0.25) is 5.91 Å². The second-order valence-electron chi connectivity index (χ2n) is 6.36. The van der Waals surface area contributed by atoms with Crippen LogP contribution in [0.15, 0.2) is 54.7 Å². The summed E-state index contributed by atoms with van der Waals surface area (Å²) in [6, 6.07) is 14.5. The maximum atomic E-state index is 13.0. The van der Waals surface area contributed by atoms with Crippen molar-refractivity contribution in [2.45, 2.75) is 13.8 Å². The number of likely N-dealkylation sites (N-methyl/N-ethyl adjacent to an activating group) is 1. The number of amides is 2. The molecule has 3 aromatic rings. The lowest BCUT2D eigenvalue weighted by Crippen LogP contribution is -2.38. The largest absolute Gasteiger partial charge is 0.329 e. The number of benzene rings is 2. The molecule has 0 unspecified atom stereocenters. The summed E-state index contributed by atoms with van der Waals surface area (Å²) in [4.78, 5) is 26.9. The molecule has 8 heteroatoms. The molecule has 0 bridgehead atoms. The van der Waals surface area contributed by atoms with Gasteiger partial charge in [-0.2, -0.15) is 5.10 Å². The molecule has 2 aromatic carbocycles. The summed E-state index contributed by atoms with van der Waals surface area (Å²) >= 11 is 12.2. The first-order valence-electron chi connectivity index (χ1n) is 9.05. The SMILES string of the molecule is CCN(CC(=O)Nc1c(Cl)cccc1Cl)C(=O)c1cnn(-c2ccccc2)c1C. The Bertz CT molecular complexity index is 1010. The highest BCUT2D eigenvalue weighted by atomic mass is 35.5. The van der Waals surface area contributed by atoms with Crippen LogP contribution < -0.4 is 5.32 Å². The number of carbonyl (C=O) groups excluding carboxylic acids is 2. The molecule has 29 heavy (non-hydrogen) atoms. The van der Waals surface area contributed by atoms with Crippen LogP contribution in [0.2, 0.25) is 10.0 Å². The van der Waals surface area contributed by atoms with Crippen LogP contribution in [-0.2, 0) is 4.79 Å². The summed E-state index contributed by atoms with van der Waals surface area (Å²) in [5.74, 6) is -0.657. The molecular formula is C21H20Cl2N4O2. The average Bonchev–Trinajstić information content (AvgIpc) is 3.10. The van der Waals surface area contributed by atoms with Gasteiger partial charge < -0.3 is 10.2 Å². The van der Waals surface area contributed by atoms with Gasteiger partial charge >= 0.3 is 0 Å². The third kappa shape index (κ3) is 4.60. The van der Waals surface area contributed by atoms with Crippen LogP contribution in [0.25, 0.3) is 5.69 Å². The minimum Gasteiger partial charge on any atom is -0.329 e. The molecule has 1 aromatic heterocycles. The van der Waals surface area contributed by atoms with Gasteiger partial charge in [0.25, 0.3) is 5.91 Å². The van der Waals surface area contributed by atoms with Crippen molar-refractivity contribution in [3.8, 4) is 5.69 Å². The normalized spacial score (nSPS) is 10.6.